The van der Waals surface area contributed by atoms with Crippen LogP contribution in [0.15, 0.2) is 52.3 Å². The molecule has 3 rings (SSSR count). The summed E-state index contributed by atoms with van der Waals surface area (Å²) < 4.78 is 4.63. The van der Waals surface area contributed by atoms with E-state index in [0.29, 0.717) is 6.42 Å². The van der Waals surface area contributed by atoms with E-state index in [1.165, 1.54) is 18.9 Å². The van der Waals surface area contributed by atoms with E-state index in [0.717, 1.165) is 32.1 Å². The monoisotopic (exact) mass is 353 g/mol. The van der Waals surface area contributed by atoms with E-state index in [2.05, 4.69) is 4.74 Å². The molecule has 0 amide bonds. The summed E-state index contributed by atoms with van der Waals surface area (Å²) in [6, 6.07) is 12.9. The van der Waals surface area contributed by atoms with Crippen LogP contribution in [0.3, 0.4) is 0 Å². The molecule has 2 N–H and O–H groups in total. The number of methoxy groups -OCH3 is 1. The zero-order chi connectivity index (χ0) is 18.0. The molecule has 1 atom stereocenters. The molecule has 0 fully saturated rings. The molecular weight excluding hydrogens is 334 g/mol. The van der Waals surface area contributed by atoms with Crippen LogP contribution >= 0.6 is 11.8 Å². The van der Waals surface area contributed by atoms with E-state index in [1.807, 2.05) is 55.5 Å². The van der Waals surface area contributed by atoms with Crippen LogP contribution < -0.4 is 5.73 Å². The quantitative estimate of drug-likeness (QED) is 0.674. The van der Waals surface area contributed by atoms with Crippen molar-refractivity contribution in [2.24, 2.45) is 5.73 Å². The number of rotatable bonds is 4. The molecule has 128 valence electrons. The normalized spacial score (nSPS) is 16.0. The first-order valence-electron chi connectivity index (χ1n) is 7.95. The molecule has 0 saturated carbocycles. The molecule has 0 radical (unpaired) electrons. The van der Waals surface area contributed by atoms with Gasteiger partial charge in [0.1, 0.15) is 6.04 Å². The number of allylic oxidation sites excluding steroid dienone is 1. The van der Waals surface area contributed by atoms with Gasteiger partial charge in [0.05, 0.1) is 12.0 Å². The molecule has 2 aromatic carbocycles. The molecule has 0 unspecified atom stereocenters. The lowest BCUT2D eigenvalue weighted by atomic mass is 10.0. The molecule has 1 aliphatic rings. The molecule has 1 heterocycles. The van der Waals surface area contributed by atoms with Gasteiger partial charge in [0.25, 0.3) is 0 Å². The van der Waals surface area contributed by atoms with Crippen molar-refractivity contribution in [3.05, 3.63) is 69.6 Å². The van der Waals surface area contributed by atoms with Crippen LogP contribution in [-0.4, -0.2) is 24.9 Å². The number of aryl methyl sites for hydroxylation is 1. The number of ether oxygens (including phenoxy) is 1. The number of carbonyl (C=O) groups is 2. The lowest BCUT2D eigenvalue weighted by Crippen LogP contribution is -2.33. The Kier molecular flexibility index (Phi) is 5.06. The molecule has 0 spiro atoms. The number of carbonyl (C=O) groups excluding carboxylic acids is 2. The van der Waals surface area contributed by atoms with Crippen LogP contribution in [0.25, 0.3) is 6.08 Å². The molecule has 4 nitrogen and oxygen atoms in total. The lowest BCUT2D eigenvalue weighted by Gasteiger charge is -2.09. The van der Waals surface area contributed by atoms with Gasteiger partial charge in [0.15, 0.2) is 0 Å². The fourth-order valence-corrected chi connectivity index (χ4v) is 3.73. The summed E-state index contributed by atoms with van der Waals surface area (Å²) in [7, 11) is 1.33. The molecule has 0 aromatic heterocycles. The number of nitrogens with two attached hydrogens (primary N) is 1. The standard InChI is InChI=1S/C20H19NO3S/c1-12-3-8-17-15(9-12)19(22)18(25-17)11-14-6-4-13(5-7-14)10-16(21)20(23)24-2/h3-9,11,16H,10,21H2,1-2H3/b18-11-/t16-/m0/s1. The van der Waals surface area contributed by atoms with Gasteiger partial charge in [-0.25, -0.2) is 0 Å². The Balaban J connectivity index is 1.75. The van der Waals surface area contributed by atoms with Crippen LogP contribution in [0.2, 0.25) is 0 Å². The number of ketones is 1. The molecule has 0 saturated heterocycles. The third-order valence-electron chi connectivity index (χ3n) is 4.06. The Hall–Kier alpha value is -2.37. The summed E-state index contributed by atoms with van der Waals surface area (Å²) in [4.78, 5) is 25.6. The Bertz CT molecular complexity index is 856. The number of esters is 1. The maximum absolute atomic E-state index is 12.5. The maximum Gasteiger partial charge on any atom is 0.322 e. The molecule has 5 heteroatoms. The van der Waals surface area contributed by atoms with Gasteiger partial charge in [-0.3, -0.25) is 9.59 Å². The van der Waals surface area contributed by atoms with E-state index >= 15 is 0 Å². The second-order valence-electron chi connectivity index (χ2n) is 6.01. The van der Waals surface area contributed by atoms with Gasteiger partial charge in [-0.15, -0.1) is 0 Å². The second-order valence-corrected chi connectivity index (χ2v) is 7.10. The first kappa shape index (κ1) is 17.5. The summed E-state index contributed by atoms with van der Waals surface area (Å²) in [5.41, 5.74) is 9.52. The summed E-state index contributed by atoms with van der Waals surface area (Å²) >= 11 is 1.50. The largest absolute Gasteiger partial charge is 0.468 e. The Morgan fingerprint density at radius 1 is 1.24 bits per heavy atom. The Morgan fingerprint density at radius 2 is 1.96 bits per heavy atom. The highest BCUT2D eigenvalue weighted by atomic mass is 32.2. The summed E-state index contributed by atoms with van der Waals surface area (Å²) in [6.45, 7) is 1.98. The summed E-state index contributed by atoms with van der Waals surface area (Å²) in [6.07, 6.45) is 2.31. The van der Waals surface area contributed by atoms with Crippen molar-refractivity contribution < 1.29 is 14.3 Å². The van der Waals surface area contributed by atoms with Crippen molar-refractivity contribution in [1.82, 2.24) is 0 Å². The molecule has 2 aromatic rings. The first-order chi connectivity index (χ1) is 12.0. The SMILES string of the molecule is COC(=O)[C@@H](N)Cc1ccc(/C=C2\Sc3ccc(C)cc3C2=O)cc1. The zero-order valence-electron chi connectivity index (χ0n) is 14.1. The molecule has 25 heavy (non-hydrogen) atoms. The third-order valence-corrected chi connectivity index (χ3v) is 5.16. The van der Waals surface area contributed by atoms with Gasteiger partial charge in [-0.05, 0) is 42.7 Å². The van der Waals surface area contributed by atoms with Crippen molar-refractivity contribution in [3.8, 4) is 0 Å². The number of fused-ring (bicyclic) bond motifs is 1. The number of thioether (sulfide) groups is 1. The Morgan fingerprint density at radius 3 is 2.64 bits per heavy atom. The van der Waals surface area contributed by atoms with Crippen molar-refractivity contribution in [3.63, 3.8) is 0 Å². The number of Topliss-reactive ketones (excluding diaryl/α,β-unsaturated/α-hetero) is 1. The van der Waals surface area contributed by atoms with Gasteiger partial charge in [0, 0.05) is 10.5 Å². The van der Waals surface area contributed by atoms with Crippen LogP contribution in [0, 0.1) is 6.92 Å². The number of hydrogen-bond acceptors (Lipinski definition) is 5. The van der Waals surface area contributed by atoms with E-state index in [4.69, 9.17) is 5.73 Å². The minimum atomic E-state index is -0.668. The van der Waals surface area contributed by atoms with Crippen molar-refractivity contribution in [2.75, 3.05) is 7.11 Å². The number of hydrogen-bond donors (Lipinski definition) is 1. The highest BCUT2D eigenvalue weighted by Gasteiger charge is 2.25. The number of benzene rings is 2. The van der Waals surface area contributed by atoms with E-state index in [9.17, 15) is 9.59 Å². The molecule has 0 aliphatic carbocycles. The smallest absolute Gasteiger partial charge is 0.322 e. The van der Waals surface area contributed by atoms with E-state index in [-0.39, 0.29) is 5.78 Å². The van der Waals surface area contributed by atoms with E-state index in [1.54, 1.807) is 0 Å². The predicted molar refractivity (Wildman–Crippen MR) is 99.5 cm³/mol. The average Bonchev–Trinajstić information content (AvgIpc) is 2.91. The topological polar surface area (TPSA) is 69.4 Å². The van der Waals surface area contributed by atoms with Crippen LogP contribution in [0.1, 0.15) is 27.0 Å². The molecule has 1 aliphatic heterocycles. The van der Waals surface area contributed by atoms with Gasteiger partial charge in [-0.2, -0.15) is 0 Å². The Labute approximate surface area is 151 Å². The lowest BCUT2D eigenvalue weighted by molar-refractivity contribution is -0.142. The van der Waals surface area contributed by atoms with Crippen LogP contribution in [-0.2, 0) is 16.0 Å². The minimum absolute atomic E-state index is 0.0699. The second kappa shape index (κ2) is 7.25. The fourth-order valence-electron chi connectivity index (χ4n) is 2.69. The molecule has 0 bridgehead atoms. The van der Waals surface area contributed by atoms with Crippen LogP contribution in [0.4, 0.5) is 0 Å². The van der Waals surface area contributed by atoms with Gasteiger partial charge in [-0.1, -0.05) is 47.7 Å². The first-order valence-corrected chi connectivity index (χ1v) is 8.77. The van der Waals surface area contributed by atoms with Crippen molar-refractivity contribution >= 4 is 29.6 Å². The average molecular weight is 353 g/mol. The third kappa shape index (κ3) is 3.83. The maximum atomic E-state index is 12.5. The highest BCUT2D eigenvalue weighted by Crippen LogP contribution is 2.41. The summed E-state index contributed by atoms with van der Waals surface area (Å²) in [5, 5.41) is 0. The zero-order valence-corrected chi connectivity index (χ0v) is 14.9. The fraction of sp³-hybridized carbons (Fsp3) is 0.200. The van der Waals surface area contributed by atoms with Gasteiger partial charge < -0.3 is 10.5 Å². The van der Waals surface area contributed by atoms with Gasteiger partial charge in [0.2, 0.25) is 5.78 Å². The van der Waals surface area contributed by atoms with Crippen LogP contribution in [0.5, 0.6) is 0 Å². The van der Waals surface area contributed by atoms with Gasteiger partial charge >= 0.3 is 5.97 Å². The van der Waals surface area contributed by atoms with Crippen molar-refractivity contribution in [2.45, 2.75) is 24.3 Å². The summed E-state index contributed by atoms with van der Waals surface area (Å²) in [5.74, 6) is -0.354. The molecular formula is C20H19NO3S. The predicted octanol–water partition coefficient (Wildman–Crippen LogP) is 3.37. The highest BCUT2D eigenvalue weighted by molar-refractivity contribution is 8.04. The van der Waals surface area contributed by atoms with E-state index < -0.39 is 12.0 Å². The van der Waals surface area contributed by atoms with Crippen molar-refractivity contribution in [1.29, 1.82) is 0 Å². The minimum Gasteiger partial charge on any atom is -0.468 e.